The van der Waals surface area contributed by atoms with Crippen molar-refractivity contribution >= 4 is 17.5 Å². The van der Waals surface area contributed by atoms with Crippen molar-refractivity contribution in [1.29, 1.82) is 0 Å². The predicted octanol–water partition coefficient (Wildman–Crippen LogP) is 2.32. The van der Waals surface area contributed by atoms with E-state index < -0.39 is 11.9 Å². The first-order valence-corrected chi connectivity index (χ1v) is 7.63. The Hall–Kier alpha value is -2.86. The highest BCUT2D eigenvalue weighted by molar-refractivity contribution is 5.91. The van der Waals surface area contributed by atoms with Gasteiger partial charge in [-0.05, 0) is 49.7 Å². The Labute approximate surface area is 140 Å². The van der Waals surface area contributed by atoms with Gasteiger partial charge in [0.1, 0.15) is 11.5 Å². The quantitative estimate of drug-likeness (QED) is 0.725. The molecule has 0 bridgehead atoms. The van der Waals surface area contributed by atoms with Crippen LogP contribution in [0.2, 0.25) is 0 Å². The van der Waals surface area contributed by atoms with Gasteiger partial charge in [0, 0.05) is 12.1 Å². The molecule has 0 spiro atoms. The zero-order chi connectivity index (χ0) is 17.5. The third-order valence-corrected chi connectivity index (χ3v) is 3.44. The summed E-state index contributed by atoms with van der Waals surface area (Å²) in [6.45, 7) is 2.01. The van der Waals surface area contributed by atoms with Gasteiger partial charge >= 0.3 is 0 Å². The number of hydrogen-bond donors (Lipinski definition) is 3. The number of ether oxygens (including phenoxy) is 1. The molecule has 0 aromatic heterocycles. The zero-order valence-electron chi connectivity index (χ0n) is 13.5. The second-order valence-corrected chi connectivity index (χ2v) is 5.54. The highest BCUT2D eigenvalue weighted by atomic mass is 16.5. The molecular weight excluding hydrogens is 306 g/mol. The molecule has 2 aromatic rings. The molecular formula is C18H21N3O3. The second kappa shape index (κ2) is 8.12. The number of carbonyl (C=O) groups is 2. The lowest BCUT2D eigenvalue weighted by Crippen LogP contribution is -2.37. The number of rotatable bonds is 7. The van der Waals surface area contributed by atoms with Crippen LogP contribution in [-0.4, -0.2) is 17.9 Å². The number of nitrogens with one attached hydrogen (secondary N) is 1. The highest BCUT2D eigenvalue weighted by Gasteiger charge is 2.11. The van der Waals surface area contributed by atoms with E-state index in [0.717, 1.165) is 11.3 Å². The van der Waals surface area contributed by atoms with E-state index in [1.54, 1.807) is 24.3 Å². The van der Waals surface area contributed by atoms with Gasteiger partial charge in [-0.2, -0.15) is 0 Å². The van der Waals surface area contributed by atoms with Gasteiger partial charge in [0.05, 0.1) is 6.04 Å². The van der Waals surface area contributed by atoms with Crippen LogP contribution in [0.5, 0.6) is 11.5 Å². The lowest BCUT2D eigenvalue weighted by molar-refractivity contribution is -0.119. The molecule has 6 nitrogen and oxygen atoms in total. The molecule has 0 aliphatic carbocycles. The molecule has 0 fully saturated rings. The second-order valence-electron chi connectivity index (χ2n) is 5.54. The fraction of sp³-hybridized carbons (Fsp3) is 0.222. The van der Waals surface area contributed by atoms with Crippen molar-refractivity contribution in [3.05, 3.63) is 54.1 Å². The monoisotopic (exact) mass is 327 g/mol. The number of anilines is 1. The van der Waals surface area contributed by atoms with Gasteiger partial charge < -0.3 is 21.5 Å². The Kier molecular flexibility index (Phi) is 5.92. The van der Waals surface area contributed by atoms with E-state index in [1.807, 2.05) is 31.2 Å². The van der Waals surface area contributed by atoms with Crippen molar-refractivity contribution in [2.24, 2.45) is 11.5 Å². The van der Waals surface area contributed by atoms with E-state index in [9.17, 15) is 9.59 Å². The average Bonchev–Trinajstić information content (AvgIpc) is 2.56. The van der Waals surface area contributed by atoms with E-state index >= 15 is 0 Å². The molecule has 0 aliphatic rings. The topological polar surface area (TPSA) is 107 Å². The molecule has 2 amide bonds. The molecule has 1 atom stereocenters. The molecule has 0 aliphatic heterocycles. The van der Waals surface area contributed by atoms with Crippen LogP contribution in [0.25, 0.3) is 0 Å². The van der Waals surface area contributed by atoms with Crippen molar-refractivity contribution < 1.29 is 14.3 Å². The summed E-state index contributed by atoms with van der Waals surface area (Å²) >= 11 is 0. The van der Waals surface area contributed by atoms with Crippen LogP contribution < -0.4 is 21.5 Å². The molecule has 5 N–H and O–H groups in total. The Morgan fingerprint density at radius 1 is 1.04 bits per heavy atom. The van der Waals surface area contributed by atoms with Gasteiger partial charge in [0.15, 0.2) is 0 Å². The summed E-state index contributed by atoms with van der Waals surface area (Å²) in [4.78, 5) is 22.6. The van der Waals surface area contributed by atoms with Crippen LogP contribution in [0.1, 0.15) is 18.4 Å². The summed E-state index contributed by atoms with van der Waals surface area (Å²) in [7, 11) is 0. The first-order chi connectivity index (χ1) is 11.4. The maximum absolute atomic E-state index is 11.8. The first-order valence-electron chi connectivity index (χ1n) is 7.63. The minimum absolute atomic E-state index is 0.131. The van der Waals surface area contributed by atoms with Crippen molar-refractivity contribution in [2.45, 2.75) is 25.8 Å². The number of benzene rings is 2. The van der Waals surface area contributed by atoms with Crippen LogP contribution in [0.4, 0.5) is 5.69 Å². The third kappa shape index (κ3) is 5.40. The largest absolute Gasteiger partial charge is 0.457 e. The Morgan fingerprint density at radius 2 is 1.58 bits per heavy atom. The Bertz CT molecular complexity index is 696. The standard InChI is InChI=1S/C18H21N3O3/c1-12-2-6-14(7-3-12)24-15-8-4-13(5-9-15)21-17(22)11-10-16(19)18(20)23/h2-9,16H,10-11,19H2,1H3,(H2,20,23)(H,21,22)/t16-/m0/s1. The summed E-state index contributed by atoms with van der Waals surface area (Å²) in [5.41, 5.74) is 12.3. The molecule has 0 saturated carbocycles. The molecule has 0 radical (unpaired) electrons. The number of primary amides is 1. The molecule has 0 unspecified atom stereocenters. The van der Waals surface area contributed by atoms with E-state index in [4.69, 9.17) is 16.2 Å². The minimum atomic E-state index is -0.805. The summed E-state index contributed by atoms with van der Waals surface area (Å²) in [5, 5.41) is 2.73. The van der Waals surface area contributed by atoms with Crippen LogP contribution in [0.3, 0.4) is 0 Å². The molecule has 6 heteroatoms. The van der Waals surface area contributed by atoms with Crippen molar-refractivity contribution in [3.63, 3.8) is 0 Å². The van der Waals surface area contributed by atoms with Crippen LogP contribution in [0, 0.1) is 6.92 Å². The van der Waals surface area contributed by atoms with Gasteiger partial charge in [0.25, 0.3) is 0 Å². The zero-order valence-corrected chi connectivity index (χ0v) is 13.5. The van der Waals surface area contributed by atoms with E-state index in [1.165, 1.54) is 0 Å². The molecule has 2 rings (SSSR count). The summed E-state index contributed by atoms with van der Waals surface area (Å²) in [5.74, 6) is 0.588. The number of hydrogen-bond acceptors (Lipinski definition) is 4. The van der Waals surface area contributed by atoms with Gasteiger partial charge in [-0.1, -0.05) is 17.7 Å². The fourth-order valence-corrected chi connectivity index (χ4v) is 2.00. The Balaban J connectivity index is 1.86. The smallest absolute Gasteiger partial charge is 0.234 e. The van der Waals surface area contributed by atoms with Crippen LogP contribution >= 0.6 is 0 Å². The number of aryl methyl sites for hydroxylation is 1. The van der Waals surface area contributed by atoms with Crippen molar-refractivity contribution in [3.8, 4) is 11.5 Å². The summed E-state index contributed by atoms with van der Waals surface area (Å²) in [6.07, 6.45) is 0.349. The third-order valence-electron chi connectivity index (χ3n) is 3.44. The SMILES string of the molecule is Cc1ccc(Oc2ccc(NC(=O)CC[C@H](N)C(N)=O)cc2)cc1. The fourth-order valence-electron chi connectivity index (χ4n) is 2.00. The van der Waals surface area contributed by atoms with Crippen molar-refractivity contribution in [2.75, 3.05) is 5.32 Å². The maximum atomic E-state index is 11.8. The number of nitrogens with two attached hydrogens (primary N) is 2. The van der Waals surface area contributed by atoms with Gasteiger partial charge in [-0.25, -0.2) is 0 Å². The molecule has 24 heavy (non-hydrogen) atoms. The van der Waals surface area contributed by atoms with E-state index in [2.05, 4.69) is 5.32 Å². The highest BCUT2D eigenvalue weighted by Crippen LogP contribution is 2.23. The molecule has 0 saturated heterocycles. The van der Waals surface area contributed by atoms with Crippen LogP contribution in [0.15, 0.2) is 48.5 Å². The van der Waals surface area contributed by atoms with E-state index in [-0.39, 0.29) is 18.7 Å². The maximum Gasteiger partial charge on any atom is 0.234 e. The van der Waals surface area contributed by atoms with E-state index in [0.29, 0.717) is 11.4 Å². The van der Waals surface area contributed by atoms with Crippen molar-refractivity contribution in [1.82, 2.24) is 0 Å². The average molecular weight is 327 g/mol. The normalized spacial score (nSPS) is 11.6. The van der Waals surface area contributed by atoms with Gasteiger partial charge in [-0.3, -0.25) is 9.59 Å². The predicted molar refractivity (Wildman–Crippen MR) is 92.7 cm³/mol. The molecule has 2 aromatic carbocycles. The first kappa shape index (κ1) is 17.5. The van der Waals surface area contributed by atoms with Crippen LogP contribution in [-0.2, 0) is 9.59 Å². The Morgan fingerprint density at radius 3 is 2.12 bits per heavy atom. The van der Waals surface area contributed by atoms with Gasteiger partial charge in [-0.15, -0.1) is 0 Å². The molecule has 0 heterocycles. The lowest BCUT2D eigenvalue weighted by atomic mass is 10.1. The lowest BCUT2D eigenvalue weighted by Gasteiger charge is -2.09. The summed E-state index contributed by atoms with van der Waals surface area (Å²) < 4.78 is 5.72. The minimum Gasteiger partial charge on any atom is -0.457 e. The van der Waals surface area contributed by atoms with Gasteiger partial charge in [0.2, 0.25) is 11.8 Å². The summed E-state index contributed by atoms with van der Waals surface area (Å²) in [6, 6.07) is 14.0. The molecule has 126 valence electrons. The number of carbonyl (C=O) groups excluding carboxylic acids is 2. The number of amides is 2.